The topological polar surface area (TPSA) is 28.2 Å². The maximum Gasteiger partial charge on any atom is 0.198 e. The second kappa shape index (κ2) is 4.39. The van der Waals surface area contributed by atoms with E-state index in [4.69, 9.17) is 0 Å². The Balaban J connectivity index is 1.78. The van der Waals surface area contributed by atoms with Gasteiger partial charge >= 0.3 is 0 Å². The van der Waals surface area contributed by atoms with Gasteiger partial charge in [-0.2, -0.15) is 0 Å². The minimum absolute atomic E-state index is 1.02. The number of hydrogen-bond donors (Lipinski definition) is 1. The van der Waals surface area contributed by atoms with Crippen LogP contribution in [-0.2, 0) is 0 Å². The van der Waals surface area contributed by atoms with Crippen molar-refractivity contribution in [1.29, 1.82) is 0 Å². The van der Waals surface area contributed by atoms with Crippen LogP contribution in [0.4, 0.5) is 5.13 Å². The largest absolute Gasteiger partial charge is 0.294 e. The van der Waals surface area contributed by atoms with Crippen LogP contribution in [-0.4, -0.2) is 23.1 Å². The van der Waals surface area contributed by atoms with Gasteiger partial charge in [-0.05, 0) is 25.0 Å². The maximum atomic E-state index is 4.57. The van der Waals surface area contributed by atoms with Crippen molar-refractivity contribution in [3.63, 3.8) is 0 Å². The number of nitrogens with zero attached hydrogens (tertiary/aromatic N) is 2. The maximum absolute atomic E-state index is 4.57. The summed E-state index contributed by atoms with van der Waals surface area (Å²) in [5.41, 5.74) is 4.50. The van der Waals surface area contributed by atoms with Gasteiger partial charge in [0.1, 0.15) is 0 Å². The second-order valence-corrected chi connectivity index (χ2v) is 5.18. The number of rotatable bonds is 2. The molecule has 1 aliphatic rings. The highest BCUT2D eigenvalue weighted by Gasteiger charge is 2.11. The molecule has 0 unspecified atom stereocenters. The zero-order valence-corrected chi connectivity index (χ0v) is 9.96. The molecule has 0 amide bonds. The quantitative estimate of drug-likeness (QED) is 0.864. The van der Waals surface area contributed by atoms with Gasteiger partial charge in [0.15, 0.2) is 5.13 Å². The summed E-state index contributed by atoms with van der Waals surface area (Å²) in [5.74, 6) is 0. The third-order valence-corrected chi connectivity index (χ3v) is 3.84. The normalized spacial score (nSPS) is 17.8. The molecule has 3 rings (SSSR count). The van der Waals surface area contributed by atoms with Crippen molar-refractivity contribution < 1.29 is 0 Å². The first-order valence-corrected chi connectivity index (χ1v) is 6.61. The van der Waals surface area contributed by atoms with E-state index in [0.29, 0.717) is 0 Å². The molecule has 2 heterocycles. The molecular weight excluding hydrogens is 218 g/mol. The fourth-order valence-electron chi connectivity index (χ4n) is 2.06. The number of hydrogen-bond acceptors (Lipinski definition) is 4. The van der Waals surface area contributed by atoms with E-state index in [-0.39, 0.29) is 0 Å². The van der Waals surface area contributed by atoms with Gasteiger partial charge in [-0.25, -0.2) is 9.99 Å². The summed E-state index contributed by atoms with van der Waals surface area (Å²) in [4.78, 5) is 4.57. The molecule has 0 radical (unpaired) electrons. The Hall–Kier alpha value is -1.13. The summed E-state index contributed by atoms with van der Waals surface area (Å²) in [6.07, 6.45) is 3.94. The van der Waals surface area contributed by atoms with Gasteiger partial charge in [-0.1, -0.05) is 29.9 Å². The van der Waals surface area contributed by atoms with Gasteiger partial charge in [-0.15, -0.1) is 0 Å². The lowest BCUT2D eigenvalue weighted by atomic mass is 10.2. The van der Waals surface area contributed by atoms with E-state index < -0.39 is 0 Å². The Bertz CT molecular complexity index is 441. The van der Waals surface area contributed by atoms with Crippen LogP contribution in [0.25, 0.3) is 10.2 Å². The molecule has 1 saturated heterocycles. The van der Waals surface area contributed by atoms with Crippen molar-refractivity contribution >= 4 is 26.7 Å². The molecule has 0 atom stereocenters. The smallest absolute Gasteiger partial charge is 0.198 e. The van der Waals surface area contributed by atoms with E-state index in [1.165, 1.54) is 24.0 Å². The molecule has 2 aromatic rings. The first-order chi connectivity index (χ1) is 7.92. The number of anilines is 1. The van der Waals surface area contributed by atoms with Crippen molar-refractivity contribution in [3.8, 4) is 0 Å². The highest BCUT2D eigenvalue weighted by Crippen LogP contribution is 2.26. The molecule has 0 bridgehead atoms. The Morgan fingerprint density at radius 3 is 2.75 bits per heavy atom. The van der Waals surface area contributed by atoms with Crippen LogP contribution in [0, 0.1) is 0 Å². The van der Waals surface area contributed by atoms with E-state index >= 15 is 0 Å². The number of aromatic nitrogens is 1. The molecule has 84 valence electrons. The summed E-state index contributed by atoms with van der Waals surface area (Å²) in [6.45, 7) is 2.27. The van der Waals surface area contributed by atoms with Crippen molar-refractivity contribution in [1.82, 2.24) is 9.99 Å². The van der Waals surface area contributed by atoms with E-state index in [2.05, 4.69) is 33.6 Å². The zero-order valence-electron chi connectivity index (χ0n) is 9.15. The molecule has 1 N–H and O–H groups in total. The van der Waals surface area contributed by atoms with E-state index in [0.717, 1.165) is 23.7 Å². The van der Waals surface area contributed by atoms with Gasteiger partial charge < -0.3 is 0 Å². The SMILES string of the molecule is c1ccc2sc(NN3CCCCC3)nc2c1. The molecule has 1 aromatic carbocycles. The van der Waals surface area contributed by atoms with Crippen LogP contribution >= 0.6 is 11.3 Å². The van der Waals surface area contributed by atoms with E-state index in [9.17, 15) is 0 Å². The fourth-order valence-corrected chi connectivity index (χ4v) is 2.95. The van der Waals surface area contributed by atoms with Crippen LogP contribution < -0.4 is 5.43 Å². The van der Waals surface area contributed by atoms with Gasteiger partial charge in [0.25, 0.3) is 0 Å². The molecule has 1 aromatic heterocycles. The first-order valence-electron chi connectivity index (χ1n) is 5.79. The minimum atomic E-state index is 1.02. The number of nitrogens with one attached hydrogen (secondary N) is 1. The third kappa shape index (κ3) is 2.03. The second-order valence-electron chi connectivity index (χ2n) is 4.15. The van der Waals surface area contributed by atoms with E-state index in [1.54, 1.807) is 11.3 Å². The Labute approximate surface area is 99.1 Å². The Morgan fingerprint density at radius 2 is 1.94 bits per heavy atom. The van der Waals surface area contributed by atoms with Gasteiger partial charge in [-0.3, -0.25) is 5.43 Å². The molecule has 1 fully saturated rings. The molecule has 4 heteroatoms. The van der Waals surface area contributed by atoms with Crippen molar-refractivity contribution in [2.24, 2.45) is 0 Å². The molecule has 16 heavy (non-hydrogen) atoms. The van der Waals surface area contributed by atoms with E-state index in [1.807, 2.05) is 6.07 Å². The minimum Gasteiger partial charge on any atom is -0.294 e. The number of piperidine rings is 1. The molecule has 1 aliphatic heterocycles. The molecule has 3 nitrogen and oxygen atoms in total. The van der Waals surface area contributed by atoms with Gasteiger partial charge in [0.05, 0.1) is 10.2 Å². The van der Waals surface area contributed by atoms with Crippen molar-refractivity contribution in [3.05, 3.63) is 24.3 Å². The molecular formula is C12H15N3S. The average molecular weight is 233 g/mol. The number of hydrazine groups is 1. The lowest BCUT2D eigenvalue weighted by Gasteiger charge is -2.26. The highest BCUT2D eigenvalue weighted by atomic mass is 32.1. The monoisotopic (exact) mass is 233 g/mol. The van der Waals surface area contributed by atoms with Gasteiger partial charge in [0.2, 0.25) is 0 Å². The number of para-hydroxylation sites is 1. The average Bonchev–Trinajstić information content (AvgIpc) is 2.72. The zero-order chi connectivity index (χ0) is 10.8. The molecule has 0 saturated carbocycles. The lowest BCUT2D eigenvalue weighted by Crippen LogP contribution is -2.34. The predicted octanol–water partition coefficient (Wildman–Crippen LogP) is 3.11. The Kier molecular flexibility index (Phi) is 2.76. The number of thiazole rings is 1. The van der Waals surface area contributed by atoms with Crippen LogP contribution in [0.3, 0.4) is 0 Å². The van der Waals surface area contributed by atoms with Gasteiger partial charge in [0, 0.05) is 13.1 Å². The van der Waals surface area contributed by atoms with Crippen molar-refractivity contribution in [2.45, 2.75) is 19.3 Å². The number of benzene rings is 1. The third-order valence-electron chi connectivity index (χ3n) is 2.90. The van der Waals surface area contributed by atoms with Crippen LogP contribution in [0.5, 0.6) is 0 Å². The molecule has 0 spiro atoms. The fraction of sp³-hybridized carbons (Fsp3) is 0.417. The van der Waals surface area contributed by atoms with Crippen LogP contribution in [0.15, 0.2) is 24.3 Å². The first kappa shape index (κ1) is 10.1. The number of fused-ring (bicyclic) bond motifs is 1. The Morgan fingerprint density at radius 1 is 1.12 bits per heavy atom. The summed E-state index contributed by atoms with van der Waals surface area (Å²) in [6, 6.07) is 8.28. The predicted molar refractivity (Wildman–Crippen MR) is 68.7 cm³/mol. The molecule has 0 aliphatic carbocycles. The summed E-state index contributed by atoms with van der Waals surface area (Å²) in [5, 5.41) is 3.30. The van der Waals surface area contributed by atoms with Crippen LogP contribution in [0.2, 0.25) is 0 Å². The van der Waals surface area contributed by atoms with Crippen LogP contribution in [0.1, 0.15) is 19.3 Å². The standard InChI is InChI=1S/C12H15N3S/c1-4-8-15(9-5-1)14-12-13-10-6-2-3-7-11(10)16-12/h2-3,6-7H,1,4-5,8-9H2,(H,13,14). The highest BCUT2D eigenvalue weighted by molar-refractivity contribution is 7.22. The summed E-state index contributed by atoms with van der Waals surface area (Å²) in [7, 11) is 0. The summed E-state index contributed by atoms with van der Waals surface area (Å²) >= 11 is 1.73. The lowest BCUT2D eigenvalue weighted by molar-refractivity contribution is 0.273. The summed E-state index contributed by atoms with van der Waals surface area (Å²) < 4.78 is 1.25. The van der Waals surface area contributed by atoms with Crippen molar-refractivity contribution in [2.75, 3.05) is 18.5 Å².